The molecule has 67 heavy (non-hydrogen) atoms. The molecule has 6 rings (SSSR count). The number of amides is 1. The summed E-state index contributed by atoms with van der Waals surface area (Å²) in [5.41, 5.74) is 14.2. The molecule has 368 valence electrons. The molecular formula is C56H78F4N4O3. The summed E-state index contributed by atoms with van der Waals surface area (Å²) in [6.07, 6.45) is 9.40. The Labute approximate surface area is 398 Å². The lowest BCUT2D eigenvalue weighted by molar-refractivity contribution is -0.120. The van der Waals surface area contributed by atoms with E-state index < -0.39 is 47.6 Å². The second kappa shape index (κ2) is 23.0. The van der Waals surface area contributed by atoms with Gasteiger partial charge in [0.05, 0.1) is 18.2 Å². The van der Waals surface area contributed by atoms with Gasteiger partial charge in [0.1, 0.15) is 23.3 Å². The largest absolute Gasteiger partial charge is 0.390 e. The first-order valence-electron chi connectivity index (χ1n) is 24.4. The minimum atomic E-state index is -0.934. The number of aryl methyl sites for hydroxylation is 2. The van der Waals surface area contributed by atoms with E-state index in [4.69, 9.17) is 5.73 Å². The molecule has 0 radical (unpaired) electrons. The van der Waals surface area contributed by atoms with Crippen LogP contribution in [-0.2, 0) is 39.5 Å². The van der Waals surface area contributed by atoms with Gasteiger partial charge in [-0.15, -0.1) is 0 Å². The van der Waals surface area contributed by atoms with Crippen LogP contribution in [0.25, 0.3) is 0 Å². The summed E-state index contributed by atoms with van der Waals surface area (Å²) in [7, 11) is 0. The van der Waals surface area contributed by atoms with Crippen molar-refractivity contribution in [3.63, 3.8) is 0 Å². The summed E-state index contributed by atoms with van der Waals surface area (Å²) in [5, 5.41) is 32.0. The molecule has 2 fully saturated rings. The normalized spacial score (nSPS) is 18.0. The van der Waals surface area contributed by atoms with Crippen LogP contribution in [0, 0.1) is 37.1 Å². The van der Waals surface area contributed by atoms with E-state index in [9.17, 15) is 32.6 Å². The minimum Gasteiger partial charge on any atom is -0.390 e. The molecule has 0 bridgehead atoms. The van der Waals surface area contributed by atoms with Crippen LogP contribution < -0.4 is 21.7 Å². The molecule has 0 spiro atoms. The van der Waals surface area contributed by atoms with Crippen molar-refractivity contribution in [3.8, 4) is 0 Å². The zero-order valence-corrected chi connectivity index (χ0v) is 41.5. The quantitative estimate of drug-likeness (QED) is 0.0661. The number of hydrogen-bond donors (Lipinski definition) is 6. The Balaban J connectivity index is 0.000000252. The predicted octanol–water partition coefficient (Wildman–Crippen LogP) is 10.7. The molecule has 2 aliphatic carbocycles. The van der Waals surface area contributed by atoms with Gasteiger partial charge in [0.2, 0.25) is 5.91 Å². The Bertz CT molecular complexity index is 2220. The molecule has 11 heteroatoms. The molecule has 0 heterocycles. The van der Waals surface area contributed by atoms with Crippen molar-refractivity contribution in [3.05, 3.63) is 141 Å². The molecule has 0 aromatic heterocycles. The van der Waals surface area contributed by atoms with E-state index in [0.717, 1.165) is 63.5 Å². The van der Waals surface area contributed by atoms with E-state index >= 15 is 0 Å². The minimum absolute atomic E-state index is 0.0207. The van der Waals surface area contributed by atoms with Gasteiger partial charge in [-0.2, -0.15) is 0 Å². The highest BCUT2D eigenvalue weighted by Gasteiger charge is 2.37. The lowest BCUT2D eigenvalue weighted by Gasteiger charge is -2.41. The van der Waals surface area contributed by atoms with Crippen molar-refractivity contribution in [2.75, 3.05) is 13.1 Å². The highest BCUT2D eigenvalue weighted by Crippen LogP contribution is 2.41. The SMILES string of the molecule is CC(=O)N[C@@H](Cc1cc(F)cc(F)c1)[C@H](O)CNC1(c2cc(C)cc(C(C)(C)C)c2)CCCCC1.Cc1cc(C(C)(C)C)cc(C2(NC[C@@H](O)[C@@H](N)Cc3cc(F)cc(F)c3)CCCCC2)c1. The van der Waals surface area contributed by atoms with Gasteiger partial charge in [0, 0.05) is 49.3 Å². The number of nitrogens with one attached hydrogen (secondary N) is 3. The molecule has 4 atom stereocenters. The molecule has 2 aliphatic rings. The van der Waals surface area contributed by atoms with E-state index in [2.05, 4.69) is 108 Å². The van der Waals surface area contributed by atoms with Crippen molar-refractivity contribution >= 4 is 5.91 Å². The number of carbonyl (C=O) groups is 1. The van der Waals surface area contributed by atoms with Crippen molar-refractivity contribution in [2.24, 2.45) is 5.73 Å². The molecule has 0 saturated heterocycles. The van der Waals surface area contributed by atoms with E-state index in [1.165, 1.54) is 77.4 Å². The third kappa shape index (κ3) is 15.4. The van der Waals surface area contributed by atoms with Crippen molar-refractivity contribution < 1.29 is 32.6 Å². The second-order valence-electron chi connectivity index (χ2n) is 21.8. The van der Waals surface area contributed by atoms with Crippen LogP contribution in [-0.4, -0.2) is 53.5 Å². The summed E-state index contributed by atoms with van der Waals surface area (Å²) in [4.78, 5) is 11.9. The maximum absolute atomic E-state index is 13.7. The Morgan fingerprint density at radius 3 is 1.33 bits per heavy atom. The predicted molar refractivity (Wildman–Crippen MR) is 263 cm³/mol. The highest BCUT2D eigenvalue weighted by atomic mass is 19.1. The summed E-state index contributed by atoms with van der Waals surface area (Å²) >= 11 is 0. The van der Waals surface area contributed by atoms with Gasteiger partial charge in [0.15, 0.2) is 0 Å². The molecular weight excluding hydrogens is 853 g/mol. The number of benzene rings is 4. The fraction of sp³-hybridized carbons (Fsp3) is 0.554. The first-order valence-corrected chi connectivity index (χ1v) is 24.4. The first kappa shape index (κ1) is 53.8. The molecule has 1 amide bonds. The van der Waals surface area contributed by atoms with Gasteiger partial charge in [-0.3, -0.25) is 4.79 Å². The van der Waals surface area contributed by atoms with Gasteiger partial charge in [-0.25, -0.2) is 17.6 Å². The molecule has 0 aliphatic heterocycles. The zero-order valence-electron chi connectivity index (χ0n) is 41.5. The van der Waals surface area contributed by atoms with Crippen LogP contribution in [0.15, 0.2) is 72.8 Å². The fourth-order valence-corrected chi connectivity index (χ4v) is 9.99. The number of hydrogen-bond acceptors (Lipinski definition) is 6. The van der Waals surface area contributed by atoms with Crippen molar-refractivity contribution in [2.45, 2.75) is 186 Å². The van der Waals surface area contributed by atoms with Gasteiger partial charge in [0.25, 0.3) is 0 Å². The van der Waals surface area contributed by atoms with Crippen LogP contribution in [0.5, 0.6) is 0 Å². The number of nitrogens with two attached hydrogens (primary N) is 1. The number of carbonyl (C=O) groups excluding carboxylic acids is 1. The van der Waals surface area contributed by atoms with E-state index in [-0.39, 0.29) is 47.2 Å². The summed E-state index contributed by atoms with van der Waals surface area (Å²) < 4.78 is 54.4. The third-order valence-corrected chi connectivity index (χ3v) is 13.8. The highest BCUT2D eigenvalue weighted by molar-refractivity contribution is 5.73. The fourth-order valence-electron chi connectivity index (χ4n) is 9.99. The van der Waals surface area contributed by atoms with Gasteiger partial charge in [-0.05, 0) is 121 Å². The monoisotopic (exact) mass is 931 g/mol. The number of rotatable bonds is 15. The average molecular weight is 931 g/mol. The van der Waals surface area contributed by atoms with E-state index in [0.29, 0.717) is 17.7 Å². The second-order valence-corrected chi connectivity index (χ2v) is 21.8. The van der Waals surface area contributed by atoms with Crippen molar-refractivity contribution in [1.82, 2.24) is 16.0 Å². The molecule has 0 unspecified atom stereocenters. The summed E-state index contributed by atoms with van der Waals surface area (Å²) in [5.74, 6) is -2.91. The van der Waals surface area contributed by atoms with Crippen LogP contribution >= 0.6 is 0 Å². The number of aliphatic hydroxyl groups excluding tert-OH is 2. The van der Waals surface area contributed by atoms with Crippen LogP contribution in [0.3, 0.4) is 0 Å². The lowest BCUT2D eigenvalue weighted by atomic mass is 9.74. The maximum atomic E-state index is 13.7. The number of halogens is 4. The Kier molecular flexibility index (Phi) is 18.5. The van der Waals surface area contributed by atoms with Crippen molar-refractivity contribution in [1.29, 1.82) is 0 Å². The third-order valence-electron chi connectivity index (χ3n) is 13.8. The first-order chi connectivity index (χ1) is 31.4. The van der Waals surface area contributed by atoms with Crippen LogP contribution in [0.2, 0.25) is 0 Å². The lowest BCUT2D eigenvalue weighted by Crippen LogP contribution is -2.53. The van der Waals surface area contributed by atoms with Gasteiger partial charge in [-0.1, -0.05) is 128 Å². The Morgan fingerprint density at radius 1 is 0.582 bits per heavy atom. The Morgan fingerprint density at radius 2 is 0.955 bits per heavy atom. The van der Waals surface area contributed by atoms with Crippen LogP contribution in [0.1, 0.15) is 157 Å². The standard InChI is InChI=1S/C29H40F2N2O2.C27H38F2N2O/c1-19-11-22(28(3,4)5)16-23(12-19)29(9-7-6-8-10-29)32-18-27(35)26(33-20(2)34)15-21-13-24(30)17-25(31)14-21;1-18-10-20(26(2,3)4)15-21(11-18)27(8-6-5-7-9-27)31-17-25(32)24(30)14-19-12-22(28)16-23(29)13-19/h11-14,16-17,26-27,32,35H,6-10,15,18H2,1-5H3,(H,33,34);10-13,15-16,24-25,31-32H,5-9,14,17,30H2,1-4H3/t26-,27+;24-,25+/m00/s1. The molecule has 4 aromatic rings. The average Bonchev–Trinajstić information content (AvgIpc) is 3.23. The van der Waals surface area contributed by atoms with E-state index in [1.807, 2.05) is 0 Å². The summed E-state index contributed by atoms with van der Waals surface area (Å²) in [6, 6.07) is 19.0. The zero-order chi connectivity index (χ0) is 49.3. The van der Waals surface area contributed by atoms with Crippen LogP contribution in [0.4, 0.5) is 17.6 Å². The maximum Gasteiger partial charge on any atom is 0.217 e. The molecule has 2 saturated carbocycles. The van der Waals surface area contributed by atoms with Gasteiger partial charge >= 0.3 is 0 Å². The molecule has 4 aromatic carbocycles. The van der Waals surface area contributed by atoms with Gasteiger partial charge < -0.3 is 31.9 Å². The molecule has 7 nitrogen and oxygen atoms in total. The Hall–Kier alpha value is -4.13. The smallest absolute Gasteiger partial charge is 0.217 e. The summed E-state index contributed by atoms with van der Waals surface area (Å²) in [6.45, 7) is 19.5. The topological polar surface area (TPSA) is 120 Å². The molecule has 7 N–H and O–H groups in total. The van der Waals surface area contributed by atoms with E-state index in [1.54, 1.807) is 0 Å². The number of aliphatic hydroxyl groups is 2.